The van der Waals surface area contributed by atoms with E-state index in [9.17, 15) is 13.2 Å². The predicted octanol–water partition coefficient (Wildman–Crippen LogP) is 3.77. The maximum Gasteiger partial charge on any atom is 0.416 e. The Labute approximate surface area is 105 Å². The van der Waals surface area contributed by atoms with Crippen molar-refractivity contribution >= 4 is 0 Å². The average molecular weight is 257 g/mol. The first-order valence-corrected chi connectivity index (χ1v) is 6.37. The van der Waals surface area contributed by atoms with Gasteiger partial charge in [0.25, 0.3) is 0 Å². The Morgan fingerprint density at radius 1 is 1.00 bits per heavy atom. The molecule has 1 fully saturated rings. The van der Waals surface area contributed by atoms with Gasteiger partial charge in [0.1, 0.15) is 0 Å². The quantitative estimate of drug-likeness (QED) is 0.857. The highest BCUT2D eigenvalue weighted by Crippen LogP contribution is 2.30. The molecule has 2 rings (SSSR count). The van der Waals surface area contributed by atoms with Crippen LogP contribution in [0.15, 0.2) is 24.3 Å². The number of rotatable bonds is 2. The molecule has 100 valence electrons. The summed E-state index contributed by atoms with van der Waals surface area (Å²) >= 11 is 0. The topological polar surface area (TPSA) is 26.0 Å². The molecule has 1 aromatic rings. The van der Waals surface area contributed by atoms with Gasteiger partial charge in [-0.25, -0.2) is 0 Å². The van der Waals surface area contributed by atoms with Gasteiger partial charge in [-0.1, -0.05) is 12.1 Å². The Bertz CT molecular complexity index is 375. The number of benzene rings is 1. The van der Waals surface area contributed by atoms with Crippen molar-refractivity contribution in [3.63, 3.8) is 0 Å². The lowest BCUT2D eigenvalue weighted by atomic mass is 9.83. The van der Waals surface area contributed by atoms with Gasteiger partial charge in [0.2, 0.25) is 0 Å². The summed E-state index contributed by atoms with van der Waals surface area (Å²) in [4.78, 5) is 0. The van der Waals surface area contributed by atoms with Crippen molar-refractivity contribution in [2.45, 2.75) is 44.3 Å². The van der Waals surface area contributed by atoms with E-state index in [1.165, 1.54) is 12.1 Å². The van der Waals surface area contributed by atoms with Gasteiger partial charge in [-0.05, 0) is 55.7 Å². The van der Waals surface area contributed by atoms with Crippen molar-refractivity contribution in [1.82, 2.24) is 0 Å². The van der Waals surface area contributed by atoms with Crippen molar-refractivity contribution in [2.75, 3.05) is 0 Å². The van der Waals surface area contributed by atoms with E-state index in [2.05, 4.69) is 0 Å². The fraction of sp³-hybridized carbons (Fsp3) is 0.571. The highest BCUT2D eigenvalue weighted by Gasteiger charge is 2.30. The first kappa shape index (κ1) is 13.4. The zero-order valence-electron chi connectivity index (χ0n) is 10.2. The highest BCUT2D eigenvalue weighted by atomic mass is 19.4. The number of hydrogen-bond acceptors (Lipinski definition) is 1. The Balaban J connectivity index is 1.94. The van der Waals surface area contributed by atoms with E-state index in [0.717, 1.165) is 37.7 Å². The van der Waals surface area contributed by atoms with Crippen molar-refractivity contribution in [1.29, 1.82) is 0 Å². The fourth-order valence-electron chi connectivity index (χ4n) is 2.56. The van der Waals surface area contributed by atoms with Gasteiger partial charge in [0, 0.05) is 6.04 Å². The Kier molecular flexibility index (Phi) is 3.95. The van der Waals surface area contributed by atoms with Crippen LogP contribution in [0.2, 0.25) is 0 Å². The summed E-state index contributed by atoms with van der Waals surface area (Å²) in [6.07, 6.45) is 0.863. The molecule has 0 aliphatic heterocycles. The zero-order chi connectivity index (χ0) is 13.2. The minimum atomic E-state index is -4.24. The van der Waals surface area contributed by atoms with E-state index in [0.29, 0.717) is 12.0 Å². The Hall–Kier alpha value is -1.03. The second-order valence-corrected chi connectivity index (χ2v) is 5.18. The lowest BCUT2D eigenvalue weighted by molar-refractivity contribution is -0.137. The van der Waals surface area contributed by atoms with Crippen LogP contribution in [0, 0.1) is 5.92 Å². The smallest absolute Gasteiger partial charge is 0.328 e. The summed E-state index contributed by atoms with van der Waals surface area (Å²) in [5.74, 6) is 0.571. The van der Waals surface area contributed by atoms with Gasteiger partial charge in [-0.2, -0.15) is 13.2 Å². The summed E-state index contributed by atoms with van der Waals surface area (Å²) in [5, 5.41) is 0. The van der Waals surface area contributed by atoms with Gasteiger partial charge >= 0.3 is 6.18 Å². The summed E-state index contributed by atoms with van der Waals surface area (Å²) < 4.78 is 37.2. The van der Waals surface area contributed by atoms with Crippen LogP contribution in [0.4, 0.5) is 13.2 Å². The minimum Gasteiger partial charge on any atom is -0.328 e. The van der Waals surface area contributed by atoms with Gasteiger partial charge in [0.05, 0.1) is 5.56 Å². The summed E-state index contributed by atoms with van der Waals surface area (Å²) in [6.45, 7) is 0. The minimum absolute atomic E-state index is 0.314. The number of alkyl halides is 3. The molecule has 0 saturated heterocycles. The normalized spacial score (nSPS) is 25.1. The first-order chi connectivity index (χ1) is 8.45. The van der Waals surface area contributed by atoms with Gasteiger partial charge in [-0.15, -0.1) is 0 Å². The van der Waals surface area contributed by atoms with Crippen molar-refractivity contribution in [2.24, 2.45) is 11.7 Å². The molecule has 0 unspecified atom stereocenters. The third-order valence-corrected chi connectivity index (χ3v) is 3.70. The molecule has 0 heterocycles. The molecular weight excluding hydrogens is 239 g/mol. The maximum absolute atomic E-state index is 12.4. The van der Waals surface area contributed by atoms with Gasteiger partial charge in [-0.3, -0.25) is 0 Å². The van der Waals surface area contributed by atoms with Crippen LogP contribution in [-0.4, -0.2) is 6.04 Å². The molecule has 1 aliphatic rings. The molecule has 2 N–H and O–H groups in total. The Morgan fingerprint density at radius 2 is 1.56 bits per heavy atom. The van der Waals surface area contributed by atoms with E-state index in [1.54, 1.807) is 12.1 Å². The van der Waals surface area contributed by atoms with Gasteiger partial charge < -0.3 is 5.73 Å². The highest BCUT2D eigenvalue weighted by molar-refractivity contribution is 5.24. The third kappa shape index (κ3) is 3.48. The molecule has 0 amide bonds. The monoisotopic (exact) mass is 257 g/mol. The van der Waals surface area contributed by atoms with Crippen molar-refractivity contribution < 1.29 is 13.2 Å². The van der Waals surface area contributed by atoms with Gasteiger partial charge in [0.15, 0.2) is 0 Å². The standard InChI is InChI=1S/C14H18F3N/c15-14(16,17)12-5-1-10(2-6-12)9-11-3-7-13(18)8-4-11/h1-2,5-6,11,13H,3-4,7-9,18H2. The first-order valence-electron chi connectivity index (χ1n) is 6.37. The molecule has 4 heteroatoms. The van der Waals surface area contributed by atoms with E-state index in [4.69, 9.17) is 5.73 Å². The molecule has 1 aromatic carbocycles. The molecular formula is C14H18F3N. The molecule has 0 bridgehead atoms. The van der Waals surface area contributed by atoms with Crippen molar-refractivity contribution in [3.05, 3.63) is 35.4 Å². The van der Waals surface area contributed by atoms with E-state index in [-0.39, 0.29) is 0 Å². The van der Waals surface area contributed by atoms with Crippen LogP contribution >= 0.6 is 0 Å². The molecule has 1 aliphatic carbocycles. The maximum atomic E-state index is 12.4. The van der Waals surface area contributed by atoms with Crippen LogP contribution in [-0.2, 0) is 12.6 Å². The lowest BCUT2D eigenvalue weighted by Crippen LogP contribution is -2.27. The summed E-state index contributed by atoms with van der Waals surface area (Å²) in [5.41, 5.74) is 6.25. The van der Waals surface area contributed by atoms with Crippen LogP contribution in [0.1, 0.15) is 36.8 Å². The summed E-state index contributed by atoms with van der Waals surface area (Å²) in [6, 6.07) is 5.84. The molecule has 0 radical (unpaired) electrons. The molecule has 1 nitrogen and oxygen atoms in total. The molecule has 0 spiro atoms. The van der Waals surface area contributed by atoms with Crippen LogP contribution in [0.25, 0.3) is 0 Å². The molecule has 1 saturated carbocycles. The second kappa shape index (κ2) is 5.31. The summed E-state index contributed by atoms with van der Waals surface area (Å²) in [7, 11) is 0. The lowest BCUT2D eigenvalue weighted by Gasteiger charge is -2.26. The van der Waals surface area contributed by atoms with E-state index >= 15 is 0 Å². The zero-order valence-corrected chi connectivity index (χ0v) is 10.2. The third-order valence-electron chi connectivity index (χ3n) is 3.70. The predicted molar refractivity (Wildman–Crippen MR) is 65.1 cm³/mol. The van der Waals surface area contributed by atoms with E-state index in [1.807, 2.05) is 0 Å². The number of hydrogen-bond donors (Lipinski definition) is 1. The van der Waals surface area contributed by atoms with Crippen LogP contribution in [0.5, 0.6) is 0 Å². The number of nitrogens with two attached hydrogens (primary N) is 1. The SMILES string of the molecule is NC1CCC(Cc2ccc(C(F)(F)F)cc2)CC1. The molecule has 18 heavy (non-hydrogen) atoms. The second-order valence-electron chi connectivity index (χ2n) is 5.18. The average Bonchev–Trinajstić information content (AvgIpc) is 2.32. The van der Waals surface area contributed by atoms with Crippen molar-refractivity contribution in [3.8, 4) is 0 Å². The van der Waals surface area contributed by atoms with Crippen LogP contribution in [0.3, 0.4) is 0 Å². The largest absolute Gasteiger partial charge is 0.416 e. The number of halogens is 3. The molecule has 0 aromatic heterocycles. The molecule has 0 atom stereocenters. The van der Waals surface area contributed by atoms with Crippen LogP contribution < -0.4 is 5.73 Å². The van der Waals surface area contributed by atoms with E-state index < -0.39 is 11.7 Å². The fourth-order valence-corrected chi connectivity index (χ4v) is 2.56. The Morgan fingerprint density at radius 3 is 2.06 bits per heavy atom.